The van der Waals surface area contributed by atoms with Crippen LogP contribution in [0.4, 0.5) is 4.39 Å². The van der Waals surface area contributed by atoms with Crippen LogP contribution in [0.3, 0.4) is 0 Å². The Bertz CT molecular complexity index is 623. The van der Waals surface area contributed by atoms with Gasteiger partial charge in [0.25, 0.3) is 11.8 Å². The minimum atomic E-state index is -0.565. The van der Waals surface area contributed by atoms with Gasteiger partial charge in [-0.1, -0.05) is 18.2 Å². The van der Waals surface area contributed by atoms with Gasteiger partial charge in [-0.3, -0.25) is 19.8 Å². The maximum absolute atomic E-state index is 12.8. The molecule has 1 fully saturated rings. The summed E-state index contributed by atoms with van der Waals surface area (Å²) in [5.41, 5.74) is 0.503. The van der Waals surface area contributed by atoms with Crippen LogP contribution in [0.1, 0.15) is 5.56 Å². The van der Waals surface area contributed by atoms with E-state index in [1.807, 2.05) is 0 Å². The fourth-order valence-corrected chi connectivity index (χ4v) is 1.96. The number of benzene rings is 1. The third kappa shape index (κ3) is 2.80. The van der Waals surface area contributed by atoms with Crippen molar-refractivity contribution < 1.29 is 14.0 Å². The summed E-state index contributed by atoms with van der Waals surface area (Å²) in [6.07, 6.45) is 2.91. The van der Waals surface area contributed by atoms with Crippen LogP contribution in [0.2, 0.25) is 0 Å². The maximum atomic E-state index is 12.8. The molecule has 1 aromatic rings. The molecule has 4 nitrogen and oxygen atoms in total. The van der Waals surface area contributed by atoms with Crippen molar-refractivity contribution >= 4 is 35.2 Å². The summed E-state index contributed by atoms with van der Waals surface area (Å²) in [7, 11) is 0. The number of nitrogens with one attached hydrogen (secondary N) is 1. The van der Waals surface area contributed by atoms with Crippen molar-refractivity contribution in [1.29, 1.82) is 0 Å². The Morgan fingerprint density at radius 1 is 1.30 bits per heavy atom. The van der Waals surface area contributed by atoms with Gasteiger partial charge in [0, 0.05) is 6.54 Å². The molecule has 0 saturated carbocycles. The summed E-state index contributed by atoms with van der Waals surface area (Å²) in [5.74, 6) is -1.45. The van der Waals surface area contributed by atoms with E-state index in [1.165, 1.54) is 41.3 Å². The number of carbonyl (C=O) groups is 2. The molecule has 0 spiro atoms. The second-order valence-corrected chi connectivity index (χ2v) is 4.46. The molecule has 1 N–H and O–H groups in total. The molecule has 1 aliphatic rings. The number of nitrogens with zero attached hydrogens (tertiary/aromatic N) is 1. The molecule has 2 rings (SSSR count). The Balaban J connectivity index is 2.36. The third-order valence-corrected chi connectivity index (χ3v) is 3.00. The normalized spacial score (nSPS) is 17.4. The number of amides is 2. The third-order valence-electron chi connectivity index (χ3n) is 2.68. The Kier molecular flexibility index (Phi) is 4.05. The molecule has 0 aliphatic carbocycles. The zero-order chi connectivity index (χ0) is 14.7. The van der Waals surface area contributed by atoms with Crippen molar-refractivity contribution in [2.24, 2.45) is 0 Å². The first kappa shape index (κ1) is 14.1. The number of carbonyl (C=O) groups excluding carboxylic acids is 2. The second-order valence-electron chi connectivity index (χ2n) is 4.07. The molecule has 0 unspecified atom stereocenters. The van der Waals surface area contributed by atoms with Crippen LogP contribution in [0, 0.1) is 5.82 Å². The summed E-state index contributed by atoms with van der Waals surface area (Å²) in [6, 6.07) is 5.47. The second kappa shape index (κ2) is 5.75. The van der Waals surface area contributed by atoms with Gasteiger partial charge >= 0.3 is 0 Å². The average Bonchev–Trinajstić information content (AvgIpc) is 2.41. The number of hydrogen-bond acceptors (Lipinski definition) is 3. The largest absolute Gasteiger partial charge is 0.298 e. The lowest BCUT2D eigenvalue weighted by molar-refractivity contribution is -0.128. The summed E-state index contributed by atoms with van der Waals surface area (Å²) in [6.45, 7) is 3.74. The summed E-state index contributed by atoms with van der Waals surface area (Å²) < 4.78 is 12.8. The SMILES string of the molecule is C=CCN1C(=O)/C(=C\c2ccc(F)cc2)C(=O)NC1=S. The van der Waals surface area contributed by atoms with E-state index in [9.17, 15) is 14.0 Å². The fraction of sp³-hybridized carbons (Fsp3) is 0.0714. The Morgan fingerprint density at radius 2 is 1.95 bits per heavy atom. The van der Waals surface area contributed by atoms with Crippen molar-refractivity contribution in [2.75, 3.05) is 6.54 Å². The van der Waals surface area contributed by atoms with E-state index in [4.69, 9.17) is 12.2 Å². The van der Waals surface area contributed by atoms with Gasteiger partial charge in [0.15, 0.2) is 5.11 Å². The Hall–Kier alpha value is -2.34. The van der Waals surface area contributed by atoms with Gasteiger partial charge < -0.3 is 0 Å². The quantitative estimate of drug-likeness (QED) is 0.398. The molecule has 20 heavy (non-hydrogen) atoms. The Labute approximate surface area is 120 Å². The standard InChI is InChI=1S/C14H11FN2O2S/c1-2-7-17-13(19)11(12(18)16-14(17)20)8-9-3-5-10(15)6-4-9/h2-6,8H,1,7H2,(H,16,18,20)/b11-8-. The van der Waals surface area contributed by atoms with E-state index in [0.29, 0.717) is 5.56 Å². The summed E-state index contributed by atoms with van der Waals surface area (Å²) >= 11 is 4.93. The van der Waals surface area contributed by atoms with Crippen LogP contribution in [0.15, 0.2) is 42.5 Å². The molecule has 102 valence electrons. The Morgan fingerprint density at radius 3 is 2.55 bits per heavy atom. The van der Waals surface area contributed by atoms with Gasteiger partial charge in [0.05, 0.1) is 0 Å². The zero-order valence-corrected chi connectivity index (χ0v) is 11.2. The molecule has 2 amide bonds. The first-order chi connectivity index (χ1) is 9.52. The molecule has 0 aromatic heterocycles. The lowest BCUT2D eigenvalue weighted by Gasteiger charge is -2.27. The van der Waals surface area contributed by atoms with E-state index < -0.39 is 11.8 Å². The predicted octanol–water partition coefficient (Wildman–Crippen LogP) is 1.64. The van der Waals surface area contributed by atoms with Crippen LogP contribution in [0.5, 0.6) is 0 Å². The maximum Gasteiger partial charge on any atom is 0.265 e. The minimum Gasteiger partial charge on any atom is -0.298 e. The number of thiocarbonyl (C=S) groups is 1. The highest BCUT2D eigenvalue weighted by molar-refractivity contribution is 7.80. The van der Waals surface area contributed by atoms with E-state index in [-0.39, 0.29) is 23.0 Å². The highest BCUT2D eigenvalue weighted by atomic mass is 32.1. The van der Waals surface area contributed by atoms with E-state index in [1.54, 1.807) is 0 Å². The molecular weight excluding hydrogens is 279 g/mol. The first-order valence-electron chi connectivity index (χ1n) is 5.78. The minimum absolute atomic E-state index is 0.0490. The molecule has 1 heterocycles. The molecule has 0 radical (unpaired) electrons. The summed E-state index contributed by atoms with van der Waals surface area (Å²) in [5, 5.41) is 2.49. The lowest BCUT2D eigenvalue weighted by Crippen LogP contribution is -2.53. The van der Waals surface area contributed by atoms with Crippen molar-refractivity contribution in [3.05, 3.63) is 53.9 Å². The zero-order valence-electron chi connectivity index (χ0n) is 10.4. The average molecular weight is 290 g/mol. The first-order valence-corrected chi connectivity index (χ1v) is 6.19. The van der Waals surface area contributed by atoms with Crippen LogP contribution in [0.25, 0.3) is 6.08 Å². The lowest BCUT2D eigenvalue weighted by atomic mass is 10.1. The van der Waals surface area contributed by atoms with Gasteiger partial charge in [-0.15, -0.1) is 6.58 Å². The van der Waals surface area contributed by atoms with Crippen LogP contribution in [-0.2, 0) is 9.59 Å². The molecule has 1 aromatic carbocycles. The van der Waals surface area contributed by atoms with Gasteiger partial charge in [0.1, 0.15) is 11.4 Å². The molecule has 0 atom stereocenters. The van der Waals surface area contributed by atoms with Crippen molar-refractivity contribution in [2.45, 2.75) is 0 Å². The molecular formula is C14H11FN2O2S. The van der Waals surface area contributed by atoms with E-state index in [0.717, 1.165) is 0 Å². The van der Waals surface area contributed by atoms with Gasteiger partial charge in [-0.05, 0) is 36.0 Å². The number of halogens is 1. The molecule has 1 aliphatic heterocycles. The summed E-state index contributed by atoms with van der Waals surface area (Å²) in [4.78, 5) is 25.3. The predicted molar refractivity (Wildman–Crippen MR) is 77.0 cm³/mol. The van der Waals surface area contributed by atoms with E-state index in [2.05, 4.69) is 11.9 Å². The van der Waals surface area contributed by atoms with Crippen LogP contribution in [-0.4, -0.2) is 28.4 Å². The van der Waals surface area contributed by atoms with E-state index >= 15 is 0 Å². The van der Waals surface area contributed by atoms with Gasteiger partial charge in [-0.25, -0.2) is 4.39 Å². The smallest absolute Gasteiger partial charge is 0.265 e. The monoisotopic (exact) mass is 290 g/mol. The molecule has 1 saturated heterocycles. The van der Waals surface area contributed by atoms with Gasteiger partial charge in [-0.2, -0.15) is 0 Å². The van der Waals surface area contributed by atoms with Crippen LogP contribution >= 0.6 is 12.2 Å². The van der Waals surface area contributed by atoms with Crippen molar-refractivity contribution in [1.82, 2.24) is 10.2 Å². The van der Waals surface area contributed by atoms with Crippen molar-refractivity contribution in [3.8, 4) is 0 Å². The molecule has 6 heteroatoms. The topological polar surface area (TPSA) is 49.4 Å². The fourth-order valence-electron chi connectivity index (χ4n) is 1.71. The van der Waals surface area contributed by atoms with Crippen LogP contribution < -0.4 is 5.32 Å². The number of hydrogen-bond donors (Lipinski definition) is 1. The highest BCUT2D eigenvalue weighted by Crippen LogP contribution is 2.15. The highest BCUT2D eigenvalue weighted by Gasteiger charge is 2.32. The van der Waals surface area contributed by atoms with Gasteiger partial charge in [0.2, 0.25) is 0 Å². The van der Waals surface area contributed by atoms with Crippen molar-refractivity contribution in [3.63, 3.8) is 0 Å². The molecule has 0 bridgehead atoms. The number of rotatable bonds is 3.